The van der Waals surface area contributed by atoms with Crippen LogP contribution in [-0.4, -0.2) is 57.3 Å². The van der Waals surface area contributed by atoms with E-state index in [0.717, 1.165) is 0 Å². The summed E-state index contributed by atoms with van der Waals surface area (Å²) in [7, 11) is -3.23. The van der Waals surface area contributed by atoms with Gasteiger partial charge in [-0.25, -0.2) is 8.42 Å². The van der Waals surface area contributed by atoms with E-state index in [9.17, 15) is 13.2 Å². The van der Waals surface area contributed by atoms with E-state index >= 15 is 0 Å². The summed E-state index contributed by atoms with van der Waals surface area (Å²) in [6, 6.07) is 6.91. The molecule has 3 rings (SSSR count). The normalized spacial score (nSPS) is 24.5. The van der Waals surface area contributed by atoms with Crippen LogP contribution in [0.2, 0.25) is 0 Å². The highest BCUT2D eigenvalue weighted by atomic mass is 32.2. The van der Waals surface area contributed by atoms with Crippen molar-refractivity contribution in [1.29, 1.82) is 0 Å². The van der Waals surface area contributed by atoms with Crippen LogP contribution in [0.4, 0.5) is 5.69 Å². The van der Waals surface area contributed by atoms with Crippen LogP contribution in [0.15, 0.2) is 24.3 Å². The van der Waals surface area contributed by atoms with E-state index in [0.29, 0.717) is 44.0 Å². The van der Waals surface area contributed by atoms with Crippen LogP contribution >= 0.6 is 0 Å². The van der Waals surface area contributed by atoms with Crippen molar-refractivity contribution >= 4 is 21.6 Å². The third kappa shape index (κ3) is 2.83. The molecule has 2 saturated heterocycles. The zero-order valence-electron chi connectivity index (χ0n) is 12.6. The monoisotopic (exact) mass is 324 g/mol. The van der Waals surface area contributed by atoms with Crippen molar-refractivity contribution in [2.24, 2.45) is 0 Å². The Kier molecular flexibility index (Phi) is 4.10. The number of hydrogen-bond acceptors (Lipinski definition) is 4. The van der Waals surface area contributed by atoms with Gasteiger partial charge in [0, 0.05) is 18.7 Å². The first kappa shape index (κ1) is 15.3. The van der Waals surface area contributed by atoms with E-state index in [4.69, 9.17) is 4.74 Å². The largest absolute Gasteiger partial charge is 0.377 e. The predicted molar refractivity (Wildman–Crippen MR) is 83.5 cm³/mol. The lowest BCUT2D eigenvalue weighted by Crippen LogP contribution is -2.47. The summed E-state index contributed by atoms with van der Waals surface area (Å²) in [6.45, 7) is 4.06. The number of hydrogen-bond donors (Lipinski definition) is 0. The molecule has 0 saturated carbocycles. The van der Waals surface area contributed by atoms with Gasteiger partial charge in [-0.05, 0) is 31.5 Å². The van der Waals surface area contributed by atoms with E-state index in [1.165, 1.54) is 4.31 Å². The Balaban J connectivity index is 1.86. The summed E-state index contributed by atoms with van der Waals surface area (Å²) in [6.07, 6.45) is 0.626. The van der Waals surface area contributed by atoms with Crippen molar-refractivity contribution in [3.63, 3.8) is 0 Å². The molecule has 1 aromatic rings. The molecule has 1 atom stereocenters. The van der Waals surface area contributed by atoms with Crippen LogP contribution in [0.1, 0.15) is 23.7 Å². The maximum atomic E-state index is 12.6. The molecule has 0 aliphatic carbocycles. The van der Waals surface area contributed by atoms with Crippen molar-refractivity contribution in [2.45, 2.75) is 19.4 Å². The van der Waals surface area contributed by atoms with Crippen LogP contribution in [0, 0.1) is 0 Å². The molecule has 2 fully saturated rings. The number of morpholine rings is 1. The summed E-state index contributed by atoms with van der Waals surface area (Å²) in [4.78, 5) is 14.4. The second-order valence-corrected chi connectivity index (χ2v) is 7.73. The fourth-order valence-corrected chi connectivity index (χ4v) is 4.47. The Morgan fingerprint density at radius 3 is 2.82 bits per heavy atom. The van der Waals surface area contributed by atoms with Crippen LogP contribution in [0.25, 0.3) is 0 Å². The predicted octanol–water partition coefficient (Wildman–Crippen LogP) is 1.09. The Labute approximate surface area is 130 Å². The molecule has 0 aromatic heterocycles. The first-order chi connectivity index (χ1) is 10.5. The lowest BCUT2D eigenvalue weighted by Gasteiger charge is -2.33. The van der Waals surface area contributed by atoms with Gasteiger partial charge in [-0.15, -0.1) is 0 Å². The molecule has 2 aliphatic heterocycles. The first-order valence-corrected chi connectivity index (χ1v) is 9.09. The third-order valence-corrected chi connectivity index (χ3v) is 5.98. The van der Waals surface area contributed by atoms with Gasteiger partial charge in [0.05, 0.1) is 30.7 Å². The Hall–Kier alpha value is -1.60. The van der Waals surface area contributed by atoms with Crippen LogP contribution in [-0.2, 0) is 14.8 Å². The van der Waals surface area contributed by atoms with Crippen LogP contribution in [0.3, 0.4) is 0 Å². The number of carbonyl (C=O) groups excluding carboxylic acids is 1. The molecule has 7 heteroatoms. The maximum Gasteiger partial charge on any atom is 0.254 e. The van der Waals surface area contributed by atoms with Gasteiger partial charge < -0.3 is 9.64 Å². The smallest absolute Gasteiger partial charge is 0.254 e. The molecular formula is C15H20N2O4S. The van der Waals surface area contributed by atoms with Crippen LogP contribution in [0.5, 0.6) is 0 Å². The molecule has 1 amide bonds. The number of benzene rings is 1. The summed E-state index contributed by atoms with van der Waals surface area (Å²) < 4.78 is 30.8. The maximum absolute atomic E-state index is 12.6. The molecule has 0 bridgehead atoms. The number of anilines is 1. The minimum Gasteiger partial charge on any atom is -0.377 e. The number of nitrogens with zero attached hydrogens (tertiary/aromatic N) is 2. The minimum absolute atomic E-state index is 0.0282. The molecule has 6 nitrogen and oxygen atoms in total. The molecule has 22 heavy (non-hydrogen) atoms. The van der Waals surface area contributed by atoms with E-state index in [2.05, 4.69) is 0 Å². The molecule has 0 N–H and O–H groups in total. The summed E-state index contributed by atoms with van der Waals surface area (Å²) >= 11 is 0. The number of rotatable bonds is 2. The van der Waals surface area contributed by atoms with E-state index in [1.54, 1.807) is 29.2 Å². The topological polar surface area (TPSA) is 66.9 Å². The van der Waals surface area contributed by atoms with Crippen molar-refractivity contribution in [2.75, 3.05) is 36.4 Å². The number of amides is 1. The summed E-state index contributed by atoms with van der Waals surface area (Å²) in [5.74, 6) is 0.0975. The van der Waals surface area contributed by atoms with Gasteiger partial charge in [-0.1, -0.05) is 6.07 Å². The highest BCUT2D eigenvalue weighted by molar-refractivity contribution is 7.93. The Morgan fingerprint density at radius 1 is 1.32 bits per heavy atom. The quantitative estimate of drug-likeness (QED) is 0.817. The third-order valence-electron chi connectivity index (χ3n) is 4.11. The molecule has 2 aliphatic rings. The molecular weight excluding hydrogens is 304 g/mol. The lowest BCUT2D eigenvalue weighted by atomic mass is 10.1. The second kappa shape index (κ2) is 5.89. The van der Waals surface area contributed by atoms with Gasteiger partial charge in [-0.2, -0.15) is 0 Å². The molecule has 120 valence electrons. The minimum atomic E-state index is -3.23. The molecule has 0 radical (unpaired) electrons. The van der Waals surface area contributed by atoms with Gasteiger partial charge >= 0.3 is 0 Å². The molecule has 0 spiro atoms. The second-order valence-electron chi connectivity index (χ2n) is 5.71. The van der Waals surface area contributed by atoms with Crippen molar-refractivity contribution in [1.82, 2.24) is 4.90 Å². The molecule has 0 unspecified atom stereocenters. The first-order valence-electron chi connectivity index (χ1n) is 7.48. The Bertz CT molecular complexity index is 674. The average Bonchev–Trinajstić information content (AvgIpc) is 2.86. The number of carbonyl (C=O) groups is 1. The number of sulfonamides is 1. The van der Waals surface area contributed by atoms with Crippen LogP contribution < -0.4 is 4.31 Å². The Morgan fingerprint density at radius 2 is 2.14 bits per heavy atom. The summed E-state index contributed by atoms with van der Waals surface area (Å²) in [5, 5.41) is 0. The highest BCUT2D eigenvalue weighted by Crippen LogP contribution is 2.25. The standard InChI is InChI=1S/C15H20N2O4S/c1-12-11-21-8-7-16(12)15(18)13-4-2-5-14(10-13)17-6-3-9-22(17,19)20/h2,4-5,10,12H,3,6-9,11H2,1H3/t12-/m0/s1. The zero-order chi connectivity index (χ0) is 15.7. The van der Waals surface area contributed by atoms with Crippen molar-refractivity contribution in [3.05, 3.63) is 29.8 Å². The summed E-state index contributed by atoms with van der Waals surface area (Å²) in [5.41, 5.74) is 1.10. The fraction of sp³-hybridized carbons (Fsp3) is 0.533. The molecule has 2 heterocycles. The lowest BCUT2D eigenvalue weighted by molar-refractivity contribution is 0.00360. The average molecular weight is 324 g/mol. The van der Waals surface area contributed by atoms with Gasteiger partial charge in [0.1, 0.15) is 0 Å². The molecule has 1 aromatic carbocycles. The fourth-order valence-electron chi connectivity index (χ4n) is 2.92. The van der Waals surface area contributed by atoms with Gasteiger partial charge in [-0.3, -0.25) is 9.10 Å². The highest BCUT2D eigenvalue weighted by Gasteiger charge is 2.30. The van der Waals surface area contributed by atoms with Crippen molar-refractivity contribution < 1.29 is 17.9 Å². The zero-order valence-corrected chi connectivity index (χ0v) is 13.4. The van der Waals surface area contributed by atoms with Gasteiger partial charge in [0.15, 0.2) is 0 Å². The van der Waals surface area contributed by atoms with Gasteiger partial charge in [0.25, 0.3) is 5.91 Å². The van der Waals surface area contributed by atoms with Gasteiger partial charge in [0.2, 0.25) is 10.0 Å². The van der Waals surface area contributed by atoms with E-state index in [-0.39, 0.29) is 17.7 Å². The number of ether oxygens (including phenoxy) is 1. The van der Waals surface area contributed by atoms with Crippen molar-refractivity contribution in [3.8, 4) is 0 Å². The SMILES string of the molecule is C[C@H]1COCCN1C(=O)c1cccc(N2CCCS2(=O)=O)c1. The van der Waals surface area contributed by atoms with E-state index in [1.807, 2.05) is 6.92 Å². The van der Waals surface area contributed by atoms with E-state index < -0.39 is 10.0 Å².